The lowest BCUT2D eigenvalue weighted by Crippen LogP contribution is -2.25. The van der Waals surface area contributed by atoms with Crippen molar-refractivity contribution in [3.8, 4) is 5.75 Å². The van der Waals surface area contributed by atoms with Gasteiger partial charge in [0, 0.05) is 5.92 Å². The summed E-state index contributed by atoms with van der Waals surface area (Å²) in [6, 6.07) is 8.00. The Bertz CT molecular complexity index is 319. The highest BCUT2D eigenvalue weighted by Gasteiger charge is 2.05. The molecule has 0 radical (unpaired) electrons. The first-order valence-corrected chi connectivity index (χ1v) is 5.19. The number of aryl methyl sites for hydroxylation is 1. The lowest BCUT2D eigenvalue weighted by molar-refractivity contribution is 0.292. The number of amidine groups is 1. The Kier molecular flexibility index (Phi) is 4.16. The Morgan fingerprint density at radius 2 is 2.00 bits per heavy atom. The summed E-state index contributed by atoms with van der Waals surface area (Å²) >= 11 is 0. The summed E-state index contributed by atoms with van der Waals surface area (Å²) in [5, 5.41) is 7.23. The molecule has 3 heteroatoms. The second-order valence-corrected chi connectivity index (χ2v) is 3.66. The summed E-state index contributed by atoms with van der Waals surface area (Å²) in [6.07, 6.45) is 1.03. The SMILES string of the molecule is CCc1ccc(OCC(C)C(=N)N)cc1. The van der Waals surface area contributed by atoms with Crippen LogP contribution in [0.25, 0.3) is 0 Å². The molecule has 1 aromatic rings. The number of rotatable bonds is 5. The first-order valence-electron chi connectivity index (χ1n) is 5.19. The molecule has 0 saturated heterocycles. The van der Waals surface area contributed by atoms with Gasteiger partial charge in [-0.2, -0.15) is 0 Å². The predicted octanol–water partition coefficient (Wildman–Crippen LogP) is 2.20. The van der Waals surface area contributed by atoms with E-state index in [0.29, 0.717) is 6.61 Å². The highest BCUT2D eigenvalue weighted by molar-refractivity contribution is 5.79. The average molecular weight is 206 g/mol. The van der Waals surface area contributed by atoms with Gasteiger partial charge in [-0.05, 0) is 24.1 Å². The minimum atomic E-state index is -0.0316. The van der Waals surface area contributed by atoms with Crippen molar-refractivity contribution in [2.45, 2.75) is 20.3 Å². The third kappa shape index (κ3) is 3.62. The number of nitrogens with two attached hydrogens (primary N) is 1. The molecule has 0 aliphatic carbocycles. The van der Waals surface area contributed by atoms with Crippen LogP contribution in [0, 0.1) is 11.3 Å². The maximum atomic E-state index is 7.23. The first kappa shape index (κ1) is 11.6. The van der Waals surface area contributed by atoms with E-state index in [2.05, 4.69) is 6.92 Å². The number of ether oxygens (including phenoxy) is 1. The van der Waals surface area contributed by atoms with Crippen molar-refractivity contribution >= 4 is 5.84 Å². The van der Waals surface area contributed by atoms with Crippen LogP contribution in [0.4, 0.5) is 0 Å². The Morgan fingerprint density at radius 1 is 1.40 bits per heavy atom. The van der Waals surface area contributed by atoms with Crippen molar-refractivity contribution in [1.82, 2.24) is 0 Å². The fraction of sp³-hybridized carbons (Fsp3) is 0.417. The standard InChI is InChI=1S/C12H18N2O/c1-3-10-4-6-11(7-5-10)15-8-9(2)12(13)14/h4-7,9H,3,8H2,1-2H3,(H3,13,14). The molecule has 3 N–H and O–H groups in total. The lowest BCUT2D eigenvalue weighted by Gasteiger charge is -2.11. The molecule has 1 unspecified atom stereocenters. The van der Waals surface area contributed by atoms with Gasteiger partial charge in [0.2, 0.25) is 0 Å². The zero-order valence-electron chi connectivity index (χ0n) is 9.29. The van der Waals surface area contributed by atoms with E-state index >= 15 is 0 Å². The molecule has 15 heavy (non-hydrogen) atoms. The fourth-order valence-electron chi connectivity index (χ4n) is 1.13. The molecule has 0 heterocycles. The zero-order chi connectivity index (χ0) is 11.3. The van der Waals surface area contributed by atoms with Crippen LogP contribution in [0.15, 0.2) is 24.3 Å². The molecule has 1 aromatic carbocycles. The monoisotopic (exact) mass is 206 g/mol. The Labute approximate surface area is 90.8 Å². The normalized spacial score (nSPS) is 12.1. The average Bonchev–Trinajstić information content (AvgIpc) is 2.26. The van der Waals surface area contributed by atoms with E-state index < -0.39 is 0 Å². The number of hydrogen-bond acceptors (Lipinski definition) is 2. The Morgan fingerprint density at radius 3 is 2.47 bits per heavy atom. The smallest absolute Gasteiger partial charge is 0.119 e. The molecule has 0 saturated carbocycles. The molecule has 3 nitrogen and oxygen atoms in total. The Hall–Kier alpha value is -1.51. The zero-order valence-corrected chi connectivity index (χ0v) is 9.29. The third-order valence-electron chi connectivity index (χ3n) is 2.36. The second-order valence-electron chi connectivity index (χ2n) is 3.66. The van der Waals surface area contributed by atoms with Gasteiger partial charge in [-0.25, -0.2) is 0 Å². The van der Waals surface area contributed by atoms with Crippen LogP contribution >= 0.6 is 0 Å². The maximum Gasteiger partial charge on any atom is 0.119 e. The molecule has 1 atom stereocenters. The summed E-state index contributed by atoms with van der Waals surface area (Å²) < 4.78 is 5.51. The van der Waals surface area contributed by atoms with Crippen LogP contribution in [0.1, 0.15) is 19.4 Å². The summed E-state index contributed by atoms with van der Waals surface area (Å²) in [6.45, 7) is 4.46. The number of nitrogens with one attached hydrogen (secondary N) is 1. The van der Waals surface area contributed by atoms with Gasteiger partial charge in [0.1, 0.15) is 5.75 Å². The number of benzene rings is 1. The molecule has 0 bridgehead atoms. The van der Waals surface area contributed by atoms with Crippen molar-refractivity contribution < 1.29 is 4.74 Å². The van der Waals surface area contributed by atoms with Gasteiger partial charge in [0.05, 0.1) is 12.4 Å². The van der Waals surface area contributed by atoms with Gasteiger partial charge in [0.15, 0.2) is 0 Å². The quantitative estimate of drug-likeness (QED) is 0.573. The minimum absolute atomic E-state index is 0.0316. The predicted molar refractivity (Wildman–Crippen MR) is 62.4 cm³/mol. The highest BCUT2D eigenvalue weighted by atomic mass is 16.5. The van der Waals surface area contributed by atoms with E-state index in [0.717, 1.165) is 12.2 Å². The molecular formula is C12H18N2O. The van der Waals surface area contributed by atoms with E-state index in [9.17, 15) is 0 Å². The van der Waals surface area contributed by atoms with Crippen molar-refractivity contribution in [2.75, 3.05) is 6.61 Å². The van der Waals surface area contributed by atoms with Crippen LogP contribution < -0.4 is 10.5 Å². The van der Waals surface area contributed by atoms with E-state index in [-0.39, 0.29) is 11.8 Å². The van der Waals surface area contributed by atoms with Crippen molar-refractivity contribution in [1.29, 1.82) is 5.41 Å². The summed E-state index contributed by atoms with van der Waals surface area (Å²) in [7, 11) is 0. The van der Waals surface area contributed by atoms with E-state index in [1.54, 1.807) is 0 Å². The molecule has 0 fully saturated rings. The summed E-state index contributed by atoms with van der Waals surface area (Å²) in [5.74, 6) is 0.969. The molecule has 0 spiro atoms. The summed E-state index contributed by atoms with van der Waals surface area (Å²) in [5.41, 5.74) is 6.64. The Balaban J connectivity index is 2.47. The largest absolute Gasteiger partial charge is 0.493 e. The highest BCUT2D eigenvalue weighted by Crippen LogP contribution is 2.13. The van der Waals surface area contributed by atoms with Crippen LogP contribution in [0.3, 0.4) is 0 Å². The van der Waals surface area contributed by atoms with Gasteiger partial charge in [-0.1, -0.05) is 26.0 Å². The second kappa shape index (κ2) is 5.39. The summed E-state index contributed by atoms with van der Waals surface area (Å²) in [4.78, 5) is 0. The lowest BCUT2D eigenvalue weighted by atomic mass is 10.1. The molecular weight excluding hydrogens is 188 g/mol. The van der Waals surface area contributed by atoms with Gasteiger partial charge < -0.3 is 10.5 Å². The van der Waals surface area contributed by atoms with Crippen molar-refractivity contribution in [3.63, 3.8) is 0 Å². The van der Waals surface area contributed by atoms with Crippen LogP contribution in [-0.2, 0) is 6.42 Å². The minimum Gasteiger partial charge on any atom is -0.493 e. The van der Waals surface area contributed by atoms with Crippen LogP contribution in [-0.4, -0.2) is 12.4 Å². The molecule has 0 aliphatic heterocycles. The van der Waals surface area contributed by atoms with Crippen LogP contribution in [0.5, 0.6) is 5.75 Å². The molecule has 82 valence electrons. The van der Waals surface area contributed by atoms with E-state index in [4.69, 9.17) is 15.9 Å². The van der Waals surface area contributed by atoms with Crippen LogP contribution in [0.2, 0.25) is 0 Å². The fourth-order valence-corrected chi connectivity index (χ4v) is 1.13. The molecule has 0 amide bonds. The third-order valence-corrected chi connectivity index (χ3v) is 2.36. The number of hydrogen-bond donors (Lipinski definition) is 2. The van der Waals surface area contributed by atoms with E-state index in [1.165, 1.54) is 5.56 Å². The molecule has 0 aliphatic rings. The topological polar surface area (TPSA) is 59.1 Å². The van der Waals surface area contributed by atoms with E-state index in [1.807, 2.05) is 31.2 Å². The van der Waals surface area contributed by atoms with Crippen molar-refractivity contribution in [2.24, 2.45) is 11.7 Å². The maximum absolute atomic E-state index is 7.23. The van der Waals surface area contributed by atoms with Crippen molar-refractivity contribution in [3.05, 3.63) is 29.8 Å². The van der Waals surface area contributed by atoms with Gasteiger partial charge in [-0.15, -0.1) is 0 Å². The molecule has 1 rings (SSSR count). The van der Waals surface area contributed by atoms with Gasteiger partial charge in [-0.3, -0.25) is 5.41 Å². The molecule has 0 aromatic heterocycles. The van der Waals surface area contributed by atoms with Gasteiger partial charge >= 0.3 is 0 Å². The van der Waals surface area contributed by atoms with Gasteiger partial charge in [0.25, 0.3) is 0 Å². The first-order chi connectivity index (χ1) is 7.13.